The lowest BCUT2D eigenvalue weighted by Crippen LogP contribution is -2.44. The third-order valence-corrected chi connectivity index (χ3v) is 8.20. The molecule has 0 saturated carbocycles. The van der Waals surface area contributed by atoms with Gasteiger partial charge in [0.05, 0.1) is 43.4 Å². The highest BCUT2D eigenvalue weighted by Gasteiger charge is 2.30. The molecule has 12 heteroatoms. The normalized spacial score (nSPS) is 17.2. The molecule has 1 amide bonds. The zero-order valence-corrected chi connectivity index (χ0v) is 26.0. The Labute approximate surface area is 259 Å². The Kier molecular flexibility index (Phi) is 10.3. The average molecular weight is 603 g/mol. The van der Waals surface area contributed by atoms with Gasteiger partial charge in [-0.2, -0.15) is 0 Å². The number of ether oxygens (including phenoxy) is 2. The van der Waals surface area contributed by atoms with Crippen LogP contribution in [0.15, 0.2) is 55.5 Å². The molecule has 0 bridgehead atoms. The SMILES string of the molecule is C=CC(=O)Nc1cc(Nc2cc(N3OCC[C@@H]3c3ccc(C)nc3)ncn2)c(OC)cc1N1CCC(N(C)CCOC)CC1. The Morgan fingerprint density at radius 2 is 1.95 bits per heavy atom. The Balaban J connectivity index is 1.38. The van der Waals surface area contributed by atoms with Crippen LogP contribution >= 0.6 is 0 Å². The Morgan fingerprint density at radius 1 is 1.14 bits per heavy atom. The molecule has 2 aromatic heterocycles. The third kappa shape index (κ3) is 7.26. The van der Waals surface area contributed by atoms with Gasteiger partial charge in [-0.1, -0.05) is 12.6 Å². The van der Waals surface area contributed by atoms with Crippen LogP contribution in [0, 0.1) is 6.92 Å². The molecule has 44 heavy (non-hydrogen) atoms. The number of amides is 1. The highest BCUT2D eigenvalue weighted by atomic mass is 16.7. The minimum atomic E-state index is -0.288. The number of rotatable bonds is 12. The second-order valence-electron chi connectivity index (χ2n) is 11.0. The topological polar surface area (TPSA) is 117 Å². The number of hydrogen-bond donors (Lipinski definition) is 2. The minimum Gasteiger partial charge on any atom is -0.494 e. The summed E-state index contributed by atoms with van der Waals surface area (Å²) in [4.78, 5) is 36.5. The molecule has 0 radical (unpaired) electrons. The van der Waals surface area contributed by atoms with Crippen molar-refractivity contribution in [2.24, 2.45) is 0 Å². The zero-order chi connectivity index (χ0) is 31.1. The summed E-state index contributed by atoms with van der Waals surface area (Å²) in [6.07, 6.45) is 7.47. The fraction of sp³-hybridized carbons (Fsp3) is 0.438. The van der Waals surface area contributed by atoms with Crippen molar-refractivity contribution in [3.63, 3.8) is 0 Å². The molecule has 3 aromatic rings. The fourth-order valence-corrected chi connectivity index (χ4v) is 5.69. The summed E-state index contributed by atoms with van der Waals surface area (Å²) in [6, 6.07) is 10.2. The van der Waals surface area contributed by atoms with E-state index in [1.807, 2.05) is 42.4 Å². The molecule has 5 rings (SSSR count). The summed E-state index contributed by atoms with van der Waals surface area (Å²) in [5.74, 6) is 1.51. The van der Waals surface area contributed by atoms with E-state index in [0.29, 0.717) is 48.0 Å². The third-order valence-electron chi connectivity index (χ3n) is 8.20. The summed E-state index contributed by atoms with van der Waals surface area (Å²) in [6.45, 7) is 9.48. The maximum absolute atomic E-state index is 12.5. The molecular weight excluding hydrogens is 560 g/mol. The van der Waals surface area contributed by atoms with Gasteiger partial charge in [-0.05, 0) is 50.6 Å². The van der Waals surface area contributed by atoms with Crippen LogP contribution in [0.4, 0.5) is 28.7 Å². The highest BCUT2D eigenvalue weighted by Crippen LogP contribution is 2.40. The number of pyridine rings is 1. The van der Waals surface area contributed by atoms with E-state index < -0.39 is 0 Å². The number of carbonyl (C=O) groups is 1. The molecule has 0 aliphatic carbocycles. The van der Waals surface area contributed by atoms with Crippen molar-refractivity contribution in [2.75, 3.05) is 74.7 Å². The van der Waals surface area contributed by atoms with Crippen molar-refractivity contribution in [3.8, 4) is 5.75 Å². The van der Waals surface area contributed by atoms with Gasteiger partial charge < -0.3 is 29.9 Å². The molecule has 1 aromatic carbocycles. The van der Waals surface area contributed by atoms with Crippen LogP contribution in [0.25, 0.3) is 0 Å². The van der Waals surface area contributed by atoms with Crippen molar-refractivity contribution >= 4 is 34.6 Å². The molecule has 4 heterocycles. The summed E-state index contributed by atoms with van der Waals surface area (Å²) in [7, 11) is 5.51. The van der Waals surface area contributed by atoms with Crippen molar-refractivity contribution in [1.82, 2.24) is 19.9 Å². The van der Waals surface area contributed by atoms with Gasteiger partial charge >= 0.3 is 0 Å². The van der Waals surface area contributed by atoms with Gasteiger partial charge in [0.25, 0.3) is 0 Å². The first-order valence-corrected chi connectivity index (χ1v) is 14.9. The lowest BCUT2D eigenvalue weighted by molar-refractivity contribution is -0.111. The maximum Gasteiger partial charge on any atom is 0.247 e. The van der Waals surface area contributed by atoms with E-state index in [0.717, 1.165) is 55.8 Å². The molecule has 234 valence electrons. The van der Waals surface area contributed by atoms with Gasteiger partial charge in [-0.25, -0.2) is 15.0 Å². The first-order chi connectivity index (χ1) is 21.4. The second-order valence-corrected chi connectivity index (χ2v) is 11.0. The number of methoxy groups -OCH3 is 2. The van der Waals surface area contributed by atoms with E-state index in [1.54, 1.807) is 14.2 Å². The quantitative estimate of drug-likeness (QED) is 0.286. The molecule has 2 saturated heterocycles. The van der Waals surface area contributed by atoms with Crippen molar-refractivity contribution in [3.05, 3.63) is 66.8 Å². The predicted octanol–water partition coefficient (Wildman–Crippen LogP) is 4.49. The highest BCUT2D eigenvalue weighted by molar-refractivity contribution is 6.02. The van der Waals surface area contributed by atoms with Crippen LogP contribution in [0.2, 0.25) is 0 Å². The van der Waals surface area contributed by atoms with Gasteiger partial charge in [-0.3, -0.25) is 14.6 Å². The van der Waals surface area contributed by atoms with Crippen LogP contribution in [-0.2, 0) is 14.4 Å². The van der Waals surface area contributed by atoms with Gasteiger partial charge in [0.1, 0.15) is 17.9 Å². The number of benzene rings is 1. The van der Waals surface area contributed by atoms with Crippen LogP contribution in [0.3, 0.4) is 0 Å². The zero-order valence-electron chi connectivity index (χ0n) is 26.0. The molecule has 2 aliphatic rings. The second kappa shape index (κ2) is 14.5. The number of aromatic nitrogens is 3. The maximum atomic E-state index is 12.5. The number of nitrogens with one attached hydrogen (secondary N) is 2. The molecule has 12 nitrogen and oxygen atoms in total. The summed E-state index contributed by atoms with van der Waals surface area (Å²) in [5, 5.41) is 8.17. The Morgan fingerprint density at radius 3 is 2.66 bits per heavy atom. The van der Waals surface area contributed by atoms with Crippen molar-refractivity contribution in [2.45, 2.75) is 38.3 Å². The van der Waals surface area contributed by atoms with Crippen LogP contribution in [0.1, 0.15) is 36.6 Å². The molecular formula is C32H42N8O4. The number of carbonyl (C=O) groups excluding carboxylic acids is 1. The average Bonchev–Trinajstić information content (AvgIpc) is 3.54. The number of anilines is 5. The van der Waals surface area contributed by atoms with Gasteiger partial charge in [-0.15, -0.1) is 0 Å². The molecule has 0 unspecified atom stereocenters. The number of aryl methyl sites for hydroxylation is 1. The molecule has 0 spiro atoms. The van der Waals surface area contributed by atoms with E-state index in [4.69, 9.17) is 14.3 Å². The van der Waals surface area contributed by atoms with E-state index in [9.17, 15) is 4.79 Å². The minimum absolute atomic E-state index is 0.00991. The van der Waals surface area contributed by atoms with Crippen LogP contribution in [-0.4, -0.2) is 85.9 Å². The number of hydrogen-bond acceptors (Lipinski definition) is 11. The first-order valence-electron chi connectivity index (χ1n) is 14.9. The molecule has 2 N–H and O–H groups in total. The number of nitrogens with zero attached hydrogens (tertiary/aromatic N) is 6. The fourth-order valence-electron chi connectivity index (χ4n) is 5.69. The number of piperidine rings is 1. The van der Waals surface area contributed by atoms with E-state index in [-0.39, 0.29) is 11.9 Å². The lowest BCUT2D eigenvalue weighted by Gasteiger charge is -2.38. The van der Waals surface area contributed by atoms with Gasteiger partial charge in [0, 0.05) is 63.2 Å². The van der Waals surface area contributed by atoms with Crippen molar-refractivity contribution < 1.29 is 19.1 Å². The lowest BCUT2D eigenvalue weighted by atomic mass is 10.0. The monoisotopic (exact) mass is 602 g/mol. The Bertz CT molecular complexity index is 1430. The van der Waals surface area contributed by atoms with Crippen LogP contribution in [0.5, 0.6) is 5.75 Å². The number of likely N-dealkylation sites (N-methyl/N-ethyl adjacent to an activating group) is 1. The molecule has 2 fully saturated rings. The molecule has 1 atom stereocenters. The van der Waals surface area contributed by atoms with E-state index in [1.165, 1.54) is 12.4 Å². The summed E-state index contributed by atoms with van der Waals surface area (Å²) in [5.41, 5.74) is 4.23. The standard InChI is InChI=1S/C32H42N8O4/c1-6-32(41)37-25-17-26(29(43-5)18-28(25)39-12-9-24(10-13-39)38(3)14-16-42-4)36-30-19-31(35-21-34-30)40-27(11-15-44-40)23-8-7-22(2)33-20-23/h6-8,17-21,24,27H,1,9-16H2,2-5H3,(H,37,41)(H,34,35,36)/t27-/m1/s1. The summed E-state index contributed by atoms with van der Waals surface area (Å²) < 4.78 is 11.1. The molecule has 2 aliphatic heterocycles. The Hall–Kier alpha value is -4.26. The summed E-state index contributed by atoms with van der Waals surface area (Å²) >= 11 is 0. The van der Waals surface area contributed by atoms with Crippen LogP contribution < -0.4 is 25.3 Å². The largest absolute Gasteiger partial charge is 0.494 e. The first kappa shape index (κ1) is 31.2. The predicted molar refractivity (Wildman–Crippen MR) is 172 cm³/mol. The van der Waals surface area contributed by atoms with Gasteiger partial charge in [0.15, 0.2) is 5.82 Å². The smallest absolute Gasteiger partial charge is 0.247 e. The van der Waals surface area contributed by atoms with E-state index >= 15 is 0 Å². The van der Waals surface area contributed by atoms with Gasteiger partial charge in [0.2, 0.25) is 5.91 Å². The number of hydroxylamine groups is 1. The van der Waals surface area contributed by atoms with E-state index in [2.05, 4.69) is 55.1 Å². The van der Waals surface area contributed by atoms with Crippen molar-refractivity contribution in [1.29, 1.82) is 0 Å².